The summed E-state index contributed by atoms with van der Waals surface area (Å²) >= 11 is 5.98. The Morgan fingerprint density at radius 2 is 1.62 bits per heavy atom. The van der Waals surface area contributed by atoms with E-state index in [-0.39, 0.29) is 0 Å². The normalized spacial score (nSPS) is 15.5. The molecule has 0 atom stereocenters. The molecule has 0 spiro atoms. The lowest BCUT2D eigenvalue weighted by Crippen LogP contribution is -2.29. The molecular formula is C24H34ClN7. The van der Waals surface area contributed by atoms with Crippen molar-refractivity contribution >= 4 is 34.9 Å². The van der Waals surface area contributed by atoms with E-state index in [2.05, 4.69) is 45.7 Å². The number of aromatic nitrogens is 2. The van der Waals surface area contributed by atoms with Crippen LogP contribution in [0.1, 0.15) is 39.5 Å². The van der Waals surface area contributed by atoms with Crippen LogP contribution in [0.3, 0.4) is 0 Å². The summed E-state index contributed by atoms with van der Waals surface area (Å²) in [6, 6.07) is 9.92. The quantitative estimate of drug-likeness (QED) is 0.424. The van der Waals surface area contributed by atoms with Crippen LogP contribution in [-0.2, 0) is 0 Å². The molecule has 1 aliphatic heterocycles. The summed E-state index contributed by atoms with van der Waals surface area (Å²) in [5.74, 6) is 2.74. The molecule has 1 aliphatic carbocycles. The number of anilines is 4. The first-order valence-electron chi connectivity index (χ1n) is 11.8. The molecule has 0 saturated carbocycles. The summed E-state index contributed by atoms with van der Waals surface area (Å²) in [4.78, 5) is 14.2. The number of hydrogen-bond donors (Lipinski definition) is 3. The van der Waals surface area contributed by atoms with Crippen molar-refractivity contribution in [3.63, 3.8) is 0 Å². The van der Waals surface area contributed by atoms with Gasteiger partial charge in [-0.2, -0.15) is 9.97 Å². The summed E-state index contributed by atoms with van der Waals surface area (Å²) in [6.07, 6.45) is 4.61. The molecule has 32 heavy (non-hydrogen) atoms. The first-order valence-corrected chi connectivity index (χ1v) is 12.2. The van der Waals surface area contributed by atoms with Gasteiger partial charge in [-0.25, -0.2) is 0 Å². The summed E-state index contributed by atoms with van der Waals surface area (Å²) in [7, 11) is 0. The van der Waals surface area contributed by atoms with Crippen LogP contribution in [0.2, 0.25) is 5.02 Å². The zero-order valence-electron chi connectivity index (χ0n) is 19.1. The highest BCUT2D eigenvalue weighted by Gasteiger charge is 2.19. The van der Waals surface area contributed by atoms with Crippen molar-refractivity contribution in [3.05, 3.63) is 46.7 Å². The highest BCUT2D eigenvalue weighted by atomic mass is 35.5. The summed E-state index contributed by atoms with van der Waals surface area (Å²) < 4.78 is 0. The highest BCUT2D eigenvalue weighted by Crippen LogP contribution is 2.28. The third-order valence-corrected chi connectivity index (χ3v) is 6.33. The SMILES string of the molecule is CCN(CC)c1nc(NCCNC2=C(Nc3ccc(Cl)cc3)CC2)cc(N2CCCC2)n1. The third kappa shape index (κ3) is 5.57. The van der Waals surface area contributed by atoms with Gasteiger partial charge in [0.1, 0.15) is 11.6 Å². The topological polar surface area (TPSA) is 68.4 Å². The van der Waals surface area contributed by atoms with Crippen molar-refractivity contribution in [2.75, 3.05) is 59.7 Å². The van der Waals surface area contributed by atoms with Gasteiger partial charge in [-0.05, 0) is 63.8 Å². The van der Waals surface area contributed by atoms with E-state index in [0.717, 1.165) is 80.4 Å². The Labute approximate surface area is 196 Å². The van der Waals surface area contributed by atoms with E-state index in [9.17, 15) is 0 Å². The first-order chi connectivity index (χ1) is 15.7. The number of allylic oxidation sites excluding steroid dienone is 2. The maximum Gasteiger partial charge on any atom is 0.229 e. The van der Waals surface area contributed by atoms with Crippen molar-refractivity contribution in [1.29, 1.82) is 0 Å². The van der Waals surface area contributed by atoms with Crippen molar-refractivity contribution in [2.45, 2.75) is 39.5 Å². The van der Waals surface area contributed by atoms with Gasteiger partial charge in [-0.15, -0.1) is 0 Å². The van der Waals surface area contributed by atoms with Crippen molar-refractivity contribution < 1.29 is 0 Å². The largest absolute Gasteiger partial charge is 0.385 e. The van der Waals surface area contributed by atoms with Crippen LogP contribution in [0.5, 0.6) is 0 Å². The van der Waals surface area contributed by atoms with Crippen LogP contribution in [0.25, 0.3) is 0 Å². The molecule has 8 heteroatoms. The van der Waals surface area contributed by atoms with E-state index in [1.54, 1.807) is 0 Å². The summed E-state index contributed by atoms with van der Waals surface area (Å²) in [5.41, 5.74) is 3.61. The van der Waals surface area contributed by atoms with E-state index in [1.165, 1.54) is 24.2 Å². The van der Waals surface area contributed by atoms with E-state index in [4.69, 9.17) is 21.6 Å². The van der Waals surface area contributed by atoms with Gasteiger partial charge in [-0.3, -0.25) is 0 Å². The minimum Gasteiger partial charge on any atom is -0.385 e. The smallest absolute Gasteiger partial charge is 0.229 e. The minimum atomic E-state index is 0.754. The number of nitrogens with one attached hydrogen (secondary N) is 3. The Kier molecular flexibility index (Phi) is 7.58. The molecule has 0 bridgehead atoms. The molecule has 0 amide bonds. The van der Waals surface area contributed by atoms with E-state index in [0.29, 0.717) is 0 Å². The second kappa shape index (κ2) is 10.8. The molecule has 2 aliphatic rings. The number of hydrogen-bond acceptors (Lipinski definition) is 7. The summed E-state index contributed by atoms with van der Waals surface area (Å²) in [6.45, 7) is 9.89. The van der Waals surface area contributed by atoms with Gasteiger partial charge in [0, 0.05) is 67.4 Å². The fourth-order valence-electron chi connectivity index (χ4n) is 4.09. The first kappa shape index (κ1) is 22.5. The number of rotatable bonds is 11. The predicted molar refractivity (Wildman–Crippen MR) is 135 cm³/mol. The van der Waals surface area contributed by atoms with E-state index >= 15 is 0 Å². The van der Waals surface area contributed by atoms with Gasteiger partial charge in [0.05, 0.1) is 0 Å². The molecule has 4 rings (SSSR count). The predicted octanol–water partition coefficient (Wildman–Crippen LogP) is 4.70. The van der Waals surface area contributed by atoms with Crippen LogP contribution in [-0.4, -0.2) is 49.2 Å². The lowest BCUT2D eigenvalue weighted by molar-refractivity contribution is 0.673. The molecule has 0 radical (unpaired) electrons. The Hall–Kier alpha value is -2.67. The molecule has 7 nitrogen and oxygen atoms in total. The average Bonchev–Trinajstić information content (AvgIpc) is 3.33. The lowest BCUT2D eigenvalue weighted by Gasteiger charge is -2.26. The Bertz CT molecular complexity index is 898. The van der Waals surface area contributed by atoms with E-state index < -0.39 is 0 Å². The molecule has 0 unspecified atom stereocenters. The molecule has 2 aromatic rings. The molecule has 3 N–H and O–H groups in total. The zero-order chi connectivity index (χ0) is 22.3. The maximum absolute atomic E-state index is 5.98. The van der Waals surface area contributed by atoms with Crippen molar-refractivity contribution in [3.8, 4) is 0 Å². The second-order valence-electron chi connectivity index (χ2n) is 8.22. The maximum atomic E-state index is 5.98. The van der Waals surface area contributed by atoms with Gasteiger partial charge in [0.15, 0.2) is 0 Å². The monoisotopic (exact) mass is 455 g/mol. The Balaban J connectivity index is 1.34. The Morgan fingerprint density at radius 3 is 2.28 bits per heavy atom. The Morgan fingerprint density at radius 1 is 0.938 bits per heavy atom. The fraction of sp³-hybridized carbons (Fsp3) is 0.500. The van der Waals surface area contributed by atoms with Crippen LogP contribution < -0.4 is 25.8 Å². The highest BCUT2D eigenvalue weighted by molar-refractivity contribution is 6.30. The molecule has 1 aromatic carbocycles. The minimum absolute atomic E-state index is 0.754. The van der Waals surface area contributed by atoms with Gasteiger partial charge in [0.25, 0.3) is 0 Å². The third-order valence-electron chi connectivity index (χ3n) is 6.08. The molecule has 1 saturated heterocycles. The molecule has 1 aromatic heterocycles. The van der Waals surface area contributed by atoms with Crippen molar-refractivity contribution in [1.82, 2.24) is 15.3 Å². The standard InChI is InChI=1S/C24H34ClN7/c1-3-31(4-2)24-29-22(17-23(30-24)32-15-5-6-16-32)27-14-13-26-20-11-12-21(20)28-19-9-7-18(25)8-10-19/h7-10,17,26,28H,3-6,11-16H2,1-2H3,(H,27,29,30). The molecular weight excluding hydrogens is 422 g/mol. The number of benzene rings is 1. The zero-order valence-corrected chi connectivity index (χ0v) is 19.9. The number of halogens is 1. The molecule has 1 fully saturated rings. The average molecular weight is 456 g/mol. The van der Waals surface area contributed by atoms with Crippen molar-refractivity contribution in [2.24, 2.45) is 0 Å². The van der Waals surface area contributed by atoms with Crippen LogP contribution in [0.4, 0.5) is 23.3 Å². The lowest BCUT2D eigenvalue weighted by atomic mass is 10.0. The van der Waals surface area contributed by atoms with Crippen LogP contribution in [0.15, 0.2) is 41.7 Å². The van der Waals surface area contributed by atoms with E-state index in [1.807, 2.05) is 24.3 Å². The van der Waals surface area contributed by atoms with Gasteiger partial charge < -0.3 is 25.8 Å². The number of nitrogens with zero attached hydrogens (tertiary/aromatic N) is 4. The summed E-state index contributed by atoms with van der Waals surface area (Å²) in [5, 5.41) is 11.3. The van der Waals surface area contributed by atoms with Gasteiger partial charge >= 0.3 is 0 Å². The molecule has 172 valence electrons. The van der Waals surface area contributed by atoms with Gasteiger partial charge in [0.2, 0.25) is 5.95 Å². The fourth-order valence-corrected chi connectivity index (χ4v) is 4.21. The molecule has 2 heterocycles. The van der Waals surface area contributed by atoms with Crippen LogP contribution in [0, 0.1) is 0 Å². The second-order valence-corrected chi connectivity index (χ2v) is 8.66. The van der Waals surface area contributed by atoms with Crippen LogP contribution >= 0.6 is 11.6 Å². The van der Waals surface area contributed by atoms with Gasteiger partial charge in [-0.1, -0.05) is 11.6 Å².